The van der Waals surface area contributed by atoms with Gasteiger partial charge in [0.15, 0.2) is 5.82 Å². The Hall–Kier alpha value is -2.18. The van der Waals surface area contributed by atoms with Gasteiger partial charge in [-0.15, -0.1) is 5.10 Å². The van der Waals surface area contributed by atoms with E-state index in [0.29, 0.717) is 24.0 Å². The molecule has 1 N–H and O–H groups in total. The van der Waals surface area contributed by atoms with Crippen molar-refractivity contribution < 1.29 is 9.90 Å². The van der Waals surface area contributed by atoms with Gasteiger partial charge in [-0.1, -0.05) is 25.5 Å². The maximum atomic E-state index is 11.3. The van der Waals surface area contributed by atoms with Crippen molar-refractivity contribution in [1.82, 2.24) is 24.5 Å². The molecule has 2 aromatic rings. The molecule has 0 saturated carbocycles. The largest absolute Gasteiger partial charge is 0.476 e. The molecule has 0 saturated heterocycles. The topological polar surface area (TPSA) is 85.8 Å². The number of aromatic nitrogens is 5. The third-order valence-corrected chi connectivity index (χ3v) is 3.24. The predicted molar refractivity (Wildman–Crippen MR) is 73.3 cm³/mol. The van der Waals surface area contributed by atoms with Crippen molar-refractivity contribution in [3.63, 3.8) is 0 Å². The lowest BCUT2D eigenvalue weighted by atomic mass is 10.1. The Labute approximate surface area is 117 Å². The summed E-state index contributed by atoms with van der Waals surface area (Å²) in [5, 5.41) is 17.0. The molecule has 7 heteroatoms. The van der Waals surface area contributed by atoms with Crippen molar-refractivity contribution in [3.8, 4) is 11.5 Å². The van der Waals surface area contributed by atoms with Gasteiger partial charge in [-0.2, -0.15) is 0 Å². The first-order valence-corrected chi connectivity index (χ1v) is 6.69. The van der Waals surface area contributed by atoms with Crippen LogP contribution in [-0.4, -0.2) is 35.6 Å². The first kappa shape index (κ1) is 14.2. The molecule has 1 atom stereocenters. The zero-order chi connectivity index (χ0) is 14.7. The summed E-state index contributed by atoms with van der Waals surface area (Å²) in [6.07, 6.45) is 5.54. The molecular weight excluding hydrogens is 258 g/mol. The highest BCUT2D eigenvalue weighted by molar-refractivity contribution is 5.91. The number of carboxylic acid groups (broad SMARTS) is 1. The fourth-order valence-electron chi connectivity index (χ4n) is 2.28. The second kappa shape index (κ2) is 5.85. The van der Waals surface area contributed by atoms with Crippen LogP contribution in [0.4, 0.5) is 0 Å². The molecule has 0 fully saturated rings. The molecule has 0 aliphatic heterocycles. The number of aromatic carboxylic acids is 1. The average Bonchev–Trinajstić information content (AvgIpc) is 2.95. The van der Waals surface area contributed by atoms with E-state index < -0.39 is 5.97 Å². The molecule has 2 heterocycles. The Morgan fingerprint density at radius 3 is 2.80 bits per heavy atom. The molecular formula is C13H19N5O2. The number of rotatable bonds is 6. The Morgan fingerprint density at radius 2 is 2.25 bits per heavy atom. The van der Waals surface area contributed by atoms with Crippen molar-refractivity contribution in [2.24, 2.45) is 13.0 Å². The van der Waals surface area contributed by atoms with E-state index in [9.17, 15) is 9.90 Å². The number of hydrogen-bond donors (Lipinski definition) is 1. The van der Waals surface area contributed by atoms with Crippen LogP contribution in [0.5, 0.6) is 0 Å². The molecule has 0 spiro atoms. The van der Waals surface area contributed by atoms with Gasteiger partial charge in [0.05, 0.1) is 0 Å². The first-order valence-electron chi connectivity index (χ1n) is 6.69. The zero-order valence-corrected chi connectivity index (χ0v) is 11.9. The Morgan fingerprint density at radius 1 is 1.50 bits per heavy atom. The molecule has 0 bridgehead atoms. The van der Waals surface area contributed by atoms with Crippen LogP contribution < -0.4 is 0 Å². The lowest BCUT2D eigenvalue weighted by molar-refractivity contribution is 0.0691. The van der Waals surface area contributed by atoms with E-state index in [4.69, 9.17) is 0 Å². The summed E-state index contributed by atoms with van der Waals surface area (Å²) in [4.78, 5) is 15.5. The molecule has 0 aliphatic rings. The maximum Gasteiger partial charge on any atom is 0.358 e. The van der Waals surface area contributed by atoms with Gasteiger partial charge in [0.25, 0.3) is 0 Å². The van der Waals surface area contributed by atoms with Crippen LogP contribution in [0.15, 0.2) is 12.4 Å². The number of hydrogen-bond acceptors (Lipinski definition) is 4. The van der Waals surface area contributed by atoms with Crippen molar-refractivity contribution in [2.75, 3.05) is 0 Å². The minimum Gasteiger partial charge on any atom is -0.476 e. The predicted octanol–water partition coefficient (Wildman–Crippen LogP) is 1.81. The highest BCUT2D eigenvalue weighted by Gasteiger charge is 2.24. The van der Waals surface area contributed by atoms with Gasteiger partial charge in [0, 0.05) is 26.0 Å². The normalized spacial score (nSPS) is 12.6. The first-order chi connectivity index (χ1) is 9.54. The highest BCUT2D eigenvalue weighted by atomic mass is 16.4. The second-order valence-corrected chi connectivity index (χ2v) is 5.03. The fourth-order valence-corrected chi connectivity index (χ4v) is 2.28. The minimum atomic E-state index is -1.09. The summed E-state index contributed by atoms with van der Waals surface area (Å²) < 4.78 is 3.41. The SMILES string of the molecule is CCCC(C)Cn1nnc(C(=O)O)c1-c1nccn1C. The molecule has 2 rings (SSSR count). The van der Waals surface area contributed by atoms with E-state index in [1.807, 2.05) is 7.05 Å². The number of nitrogens with zero attached hydrogens (tertiary/aromatic N) is 5. The molecule has 0 aliphatic carbocycles. The van der Waals surface area contributed by atoms with Crippen LogP contribution in [0, 0.1) is 5.92 Å². The van der Waals surface area contributed by atoms with E-state index in [1.54, 1.807) is 21.6 Å². The van der Waals surface area contributed by atoms with Crippen LogP contribution >= 0.6 is 0 Å². The maximum absolute atomic E-state index is 11.3. The monoisotopic (exact) mass is 277 g/mol. The molecule has 0 aromatic carbocycles. The lowest BCUT2D eigenvalue weighted by Gasteiger charge is -2.12. The van der Waals surface area contributed by atoms with Gasteiger partial charge < -0.3 is 9.67 Å². The van der Waals surface area contributed by atoms with E-state index in [-0.39, 0.29) is 5.69 Å². The van der Waals surface area contributed by atoms with Crippen LogP contribution in [0.25, 0.3) is 11.5 Å². The summed E-state index contributed by atoms with van der Waals surface area (Å²) in [7, 11) is 1.82. The van der Waals surface area contributed by atoms with Crippen molar-refractivity contribution in [2.45, 2.75) is 33.2 Å². The van der Waals surface area contributed by atoms with Crippen LogP contribution in [0.1, 0.15) is 37.2 Å². The molecule has 0 radical (unpaired) electrons. The zero-order valence-electron chi connectivity index (χ0n) is 11.9. The lowest BCUT2D eigenvalue weighted by Crippen LogP contribution is -2.12. The van der Waals surface area contributed by atoms with Crippen LogP contribution in [0.2, 0.25) is 0 Å². The van der Waals surface area contributed by atoms with Crippen molar-refractivity contribution in [1.29, 1.82) is 0 Å². The summed E-state index contributed by atoms with van der Waals surface area (Å²) in [5.74, 6) is -0.115. The van der Waals surface area contributed by atoms with Gasteiger partial charge in [-0.05, 0) is 12.3 Å². The van der Waals surface area contributed by atoms with E-state index in [0.717, 1.165) is 12.8 Å². The molecule has 7 nitrogen and oxygen atoms in total. The second-order valence-electron chi connectivity index (χ2n) is 5.03. The van der Waals surface area contributed by atoms with Crippen LogP contribution in [0.3, 0.4) is 0 Å². The number of carboxylic acids is 1. The number of imidazole rings is 1. The van der Waals surface area contributed by atoms with E-state index in [1.165, 1.54) is 0 Å². The van der Waals surface area contributed by atoms with E-state index in [2.05, 4.69) is 29.1 Å². The Kier molecular flexibility index (Phi) is 4.16. The Bertz CT molecular complexity index is 602. The molecule has 0 amide bonds. The van der Waals surface area contributed by atoms with Crippen molar-refractivity contribution >= 4 is 5.97 Å². The van der Waals surface area contributed by atoms with Gasteiger partial charge in [-0.3, -0.25) is 0 Å². The third-order valence-electron chi connectivity index (χ3n) is 3.24. The molecule has 1 unspecified atom stereocenters. The minimum absolute atomic E-state index is 0.0528. The fraction of sp³-hybridized carbons (Fsp3) is 0.538. The van der Waals surface area contributed by atoms with Gasteiger partial charge >= 0.3 is 5.97 Å². The van der Waals surface area contributed by atoms with E-state index >= 15 is 0 Å². The van der Waals surface area contributed by atoms with Gasteiger partial charge in [0.2, 0.25) is 5.69 Å². The number of aryl methyl sites for hydroxylation is 1. The summed E-state index contributed by atoms with van der Waals surface area (Å²) in [5.41, 5.74) is 0.413. The van der Waals surface area contributed by atoms with Crippen LogP contribution in [-0.2, 0) is 13.6 Å². The molecule has 20 heavy (non-hydrogen) atoms. The highest BCUT2D eigenvalue weighted by Crippen LogP contribution is 2.22. The average molecular weight is 277 g/mol. The molecule has 108 valence electrons. The summed E-state index contributed by atoms with van der Waals surface area (Å²) in [6.45, 7) is 4.88. The third kappa shape index (κ3) is 2.71. The molecule has 2 aromatic heterocycles. The summed E-state index contributed by atoms with van der Waals surface area (Å²) in [6, 6.07) is 0. The van der Waals surface area contributed by atoms with Crippen molar-refractivity contribution in [3.05, 3.63) is 18.1 Å². The quantitative estimate of drug-likeness (QED) is 0.870. The van der Waals surface area contributed by atoms with Gasteiger partial charge in [0.1, 0.15) is 5.69 Å². The number of carbonyl (C=O) groups is 1. The summed E-state index contributed by atoms with van der Waals surface area (Å²) >= 11 is 0. The smallest absolute Gasteiger partial charge is 0.358 e. The van der Waals surface area contributed by atoms with Gasteiger partial charge in [-0.25, -0.2) is 14.5 Å². The standard InChI is InChI=1S/C13H19N5O2/c1-4-5-9(2)8-18-11(10(13(19)20)15-16-18)12-14-6-7-17(12)3/h6-7,9H,4-5,8H2,1-3H3,(H,19,20). The Balaban J connectivity index is 2.43.